The zero-order valence-corrected chi connectivity index (χ0v) is 12.6. The highest BCUT2D eigenvalue weighted by Gasteiger charge is 2.21. The van der Waals surface area contributed by atoms with Crippen LogP contribution in [0.2, 0.25) is 0 Å². The van der Waals surface area contributed by atoms with Gasteiger partial charge in [-0.3, -0.25) is 0 Å². The molecule has 0 bridgehead atoms. The first kappa shape index (κ1) is 16.2. The molecule has 7 heteroatoms. The molecule has 0 fully saturated rings. The van der Waals surface area contributed by atoms with E-state index in [1.54, 1.807) is 20.2 Å². The smallest absolute Gasteiger partial charge is 0.244 e. The molecule has 0 saturated heterocycles. The molecule has 19 heavy (non-hydrogen) atoms. The van der Waals surface area contributed by atoms with E-state index in [-0.39, 0.29) is 0 Å². The fourth-order valence-electron chi connectivity index (χ4n) is 1.59. The minimum atomic E-state index is -3.43. The second-order valence-corrected chi connectivity index (χ2v) is 6.40. The molecule has 1 rings (SSSR count). The number of hydrogen-bond acceptors (Lipinski definition) is 4. The van der Waals surface area contributed by atoms with Crippen LogP contribution in [0, 0.1) is 0 Å². The van der Waals surface area contributed by atoms with Crippen LogP contribution in [-0.2, 0) is 21.3 Å². The Labute approximate surface area is 115 Å². The predicted octanol–water partition coefficient (Wildman–Crippen LogP) is 0.781. The fraction of sp³-hybridized carbons (Fsp3) is 0.667. The van der Waals surface area contributed by atoms with Gasteiger partial charge in [-0.15, -0.1) is 0 Å². The van der Waals surface area contributed by atoms with E-state index in [4.69, 9.17) is 4.74 Å². The maximum atomic E-state index is 12.2. The molecular weight excluding hydrogens is 266 g/mol. The lowest BCUT2D eigenvalue weighted by atomic mass is 10.4. The highest BCUT2D eigenvalue weighted by molar-refractivity contribution is 7.89. The zero-order chi connectivity index (χ0) is 14.3. The van der Waals surface area contributed by atoms with Crippen LogP contribution in [0.25, 0.3) is 0 Å². The average Bonchev–Trinajstić information content (AvgIpc) is 2.85. The first-order chi connectivity index (χ1) is 9.02. The van der Waals surface area contributed by atoms with Gasteiger partial charge in [-0.05, 0) is 19.0 Å². The van der Waals surface area contributed by atoms with Crippen molar-refractivity contribution in [3.8, 4) is 0 Å². The summed E-state index contributed by atoms with van der Waals surface area (Å²) < 4.78 is 30.6. The minimum Gasteiger partial charge on any atom is -0.383 e. The number of aromatic amines is 1. The van der Waals surface area contributed by atoms with E-state index in [0.29, 0.717) is 24.6 Å². The van der Waals surface area contributed by atoms with E-state index in [1.807, 2.05) is 0 Å². The van der Waals surface area contributed by atoms with Crippen molar-refractivity contribution in [1.29, 1.82) is 0 Å². The highest BCUT2D eigenvalue weighted by atomic mass is 32.2. The normalized spacial score (nSPS) is 12.2. The molecule has 0 saturated carbocycles. The molecule has 0 spiro atoms. The Kier molecular flexibility index (Phi) is 6.50. The van der Waals surface area contributed by atoms with Crippen molar-refractivity contribution in [1.82, 2.24) is 14.6 Å². The number of sulfonamides is 1. The molecule has 1 aromatic rings. The van der Waals surface area contributed by atoms with Crippen molar-refractivity contribution < 1.29 is 13.2 Å². The van der Waals surface area contributed by atoms with Crippen LogP contribution in [0.1, 0.15) is 19.0 Å². The zero-order valence-electron chi connectivity index (χ0n) is 11.8. The summed E-state index contributed by atoms with van der Waals surface area (Å²) in [5.74, 6) is 0. The number of H-pyrrole nitrogens is 1. The lowest BCUT2D eigenvalue weighted by Gasteiger charge is -2.15. The molecule has 1 heterocycles. The third kappa shape index (κ3) is 4.61. The van der Waals surface area contributed by atoms with Crippen LogP contribution in [-0.4, -0.2) is 51.6 Å². The second kappa shape index (κ2) is 7.64. The molecule has 6 nitrogen and oxygen atoms in total. The van der Waals surface area contributed by atoms with Crippen molar-refractivity contribution in [3.63, 3.8) is 0 Å². The van der Waals surface area contributed by atoms with Crippen LogP contribution in [0.4, 0.5) is 0 Å². The van der Waals surface area contributed by atoms with Crippen LogP contribution in [0.5, 0.6) is 0 Å². The third-order valence-corrected chi connectivity index (χ3v) is 4.61. The molecule has 110 valence electrons. The number of likely N-dealkylation sites (N-methyl/N-ethyl adjacent to an activating group) is 1. The Morgan fingerprint density at radius 1 is 1.47 bits per heavy atom. The minimum absolute atomic E-state index is 0.291. The van der Waals surface area contributed by atoms with Crippen LogP contribution < -0.4 is 5.32 Å². The molecule has 0 amide bonds. The van der Waals surface area contributed by atoms with Gasteiger partial charge in [-0.1, -0.05) is 6.92 Å². The number of methoxy groups -OCH3 is 1. The van der Waals surface area contributed by atoms with Crippen LogP contribution >= 0.6 is 0 Å². The second-order valence-electron chi connectivity index (χ2n) is 4.36. The average molecular weight is 289 g/mol. The fourth-order valence-corrected chi connectivity index (χ4v) is 2.76. The Morgan fingerprint density at radius 3 is 2.84 bits per heavy atom. The summed E-state index contributed by atoms with van der Waals surface area (Å²) in [4.78, 5) is 3.27. The Hall–Kier alpha value is -0.890. The molecule has 0 unspecified atom stereocenters. The Morgan fingerprint density at radius 2 is 2.21 bits per heavy atom. The van der Waals surface area contributed by atoms with Gasteiger partial charge in [0.2, 0.25) is 10.0 Å². The summed E-state index contributed by atoms with van der Waals surface area (Å²) in [6.07, 6.45) is 2.58. The first-order valence-electron chi connectivity index (χ1n) is 6.35. The molecule has 1 aromatic heterocycles. The highest BCUT2D eigenvalue weighted by Crippen LogP contribution is 2.15. The van der Waals surface area contributed by atoms with Gasteiger partial charge in [0.25, 0.3) is 0 Å². The summed E-state index contributed by atoms with van der Waals surface area (Å²) in [6.45, 7) is 4.36. The molecule has 0 aliphatic heterocycles. The number of ether oxygens (including phenoxy) is 1. The van der Waals surface area contributed by atoms with E-state index >= 15 is 0 Å². The molecule has 2 N–H and O–H groups in total. The quantitative estimate of drug-likeness (QED) is 0.659. The number of nitrogens with one attached hydrogen (secondary N) is 2. The lowest BCUT2D eigenvalue weighted by molar-refractivity contribution is 0.185. The van der Waals surface area contributed by atoms with Gasteiger partial charge >= 0.3 is 0 Å². The molecule has 0 radical (unpaired) electrons. The van der Waals surface area contributed by atoms with E-state index in [1.165, 1.54) is 10.5 Å². The van der Waals surface area contributed by atoms with Gasteiger partial charge in [-0.2, -0.15) is 4.31 Å². The maximum absolute atomic E-state index is 12.2. The van der Waals surface area contributed by atoms with Gasteiger partial charge in [0, 0.05) is 39.1 Å². The molecule has 0 aliphatic rings. The first-order valence-corrected chi connectivity index (χ1v) is 7.79. The van der Waals surface area contributed by atoms with Crippen molar-refractivity contribution in [2.24, 2.45) is 0 Å². The van der Waals surface area contributed by atoms with E-state index in [0.717, 1.165) is 18.7 Å². The molecular formula is C12H23N3O3S. The van der Waals surface area contributed by atoms with E-state index < -0.39 is 10.0 Å². The molecule has 0 atom stereocenters. The Balaban J connectivity index is 2.68. The van der Waals surface area contributed by atoms with Crippen LogP contribution in [0.15, 0.2) is 17.2 Å². The van der Waals surface area contributed by atoms with E-state index in [2.05, 4.69) is 17.2 Å². The standard InChI is InChI=1S/C12H23N3O3S/c1-4-5-13-9-11-8-12(10-14-11)19(16,17)15(2)6-7-18-3/h8,10,13-14H,4-7,9H2,1-3H3. The van der Waals surface area contributed by atoms with Gasteiger partial charge in [0.05, 0.1) is 11.5 Å². The monoisotopic (exact) mass is 289 g/mol. The topological polar surface area (TPSA) is 74.4 Å². The van der Waals surface area contributed by atoms with Crippen molar-refractivity contribution >= 4 is 10.0 Å². The summed E-state index contributed by atoms with van der Waals surface area (Å²) >= 11 is 0. The lowest BCUT2D eigenvalue weighted by Crippen LogP contribution is -2.29. The third-order valence-electron chi connectivity index (χ3n) is 2.78. The van der Waals surface area contributed by atoms with Gasteiger partial charge in [0.15, 0.2) is 0 Å². The number of aromatic nitrogens is 1. The van der Waals surface area contributed by atoms with Gasteiger partial charge in [-0.25, -0.2) is 8.42 Å². The van der Waals surface area contributed by atoms with Crippen molar-refractivity contribution in [3.05, 3.63) is 18.0 Å². The summed E-state index contributed by atoms with van der Waals surface area (Å²) in [7, 11) is -0.325. The van der Waals surface area contributed by atoms with Crippen molar-refractivity contribution in [2.75, 3.05) is 33.9 Å². The number of rotatable bonds is 9. The number of hydrogen-bond donors (Lipinski definition) is 2. The van der Waals surface area contributed by atoms with Gasteiger partial charge in [0.1, 0.15) is 0 Å². The van der Waals surface area contributed by atoms with E-state index in [9.17, 15) is 8.42 Å². The van der Waals surface area contributed by atoms with Crippen LogP contribution in [0.3, 0.4) is 0 Å². The maximum Gasteiger partial charge on any atom is 0.244 e. The summed E-state index contributed by atoms with van der Waals surface area (Å²) in [5.41, 5.74) is 0.868. The number of nitrogens with zero attached hydrogens (tertiary/aromatic N) is 1. The summed E-state index contributed by atoms with van der Waals surface area (Å²) in [5, 5.41) is 3.22. The largest absolute Gasteiger partial charge is 0.383 e. The molecule has 0 aromatic carbocycles. The van der Waals surface area contributed by atoms with Crippen molar-refractivity contribution in [2.45, 2.75) is 24.8 Å². The SMILES string of the molecule is CCCNCc1cc(S(=O)(=O)N(C)CCOC)c[nH]1. The molecule has 0 aliphatic carbocycles. The Bertz CT molecular complexity index is 470. The predicted molar refractivity (Wildman–Crippen MR) is 74.5 cm³/mol. The summed E-state index contributed by atoms with van der Waals surface area (Å²) in [6, 6.07) is 1.67. The van der Waals surface area contributed by atoms with Gasteiger partial charge < -0.3 is 15.0 Å².